The van der Waals surface area contributed by atoms with Gasteiger partial charge in [0.1, 0.15) is 0 Å². The number of rotatable bonds is 4. The molecule has 5 nitrogen and oxygen atoms in total. The fourth-order valence-corrected chi connectivity index (χ4v) is 2.95. The number of aliphatic hydroxyl groups excluding tert-OH is 1. The van der Waals surface area contributed by atoms with E-state index in [-0.39, 0.29) is 18.7 Å². The molecule has 1 saturated heterocycles. The molecule has 0 aliphatic carbocycles. The summed E-state index contributed by atoms with van der Waals surface area (Å²) < 4.78 is 0. The highest BCUT2D eigenvalue weighted by molar-refractivity contribution is 7.80. The Hall–Kier alpha value is -1.92. The number of aliphatic hydroxyl groups is 1. The molecule has 20 heavy (non-hydrogen) atoms. The molecule has 104 valence electrons. The van der Waals surface area contributed by atoms with Crippen molar-refractivity contribution in [2.45, 2.75) is 12.1 Å². The second-order valence-electron chi connectivity index (χ2n) is 4.67. The number of thiocarbonyl (C=S) groups is 1. The molecule has 3 heterocycles. The van der Waals surface area contributed by atoms with Crippen LogP contribution in [0.1, 0.15) is 23.5 Å². The van der Waals surface area contributed by atoms with Crippen LogP contribution in [0.3, 0.4) is 0 Å². The van der Waals surface area contributed by atoms with Crippen molar-refractivity contribution in [1.82, 2.24) is 20.2 Å². The van der Waals surface area contributed by atoms with Gasteiger partial charge in [-0.25, -0.2) is 0 Å². The lowest BCUT2D eigenvalue weighted by Crippen LogP contribution is -2.32. The van der Waals surface area contributed by atoms with Gasteiger partial charge >= 0.3 is 0 Å². The number of β-amino-alcohol motifs (C(OH)–C–C–N with tert-alkyl or cyclic N) is 1. The van der Waals surface area contributed by atoms with Crippen molar-refractivity contribution < 1.29 is 5.11 Å². The van der Waals surface area contributed by atoms with Crippen LogP contribution in [-0.4, -0.2) is 38.2 Å². The molecule has 2 atom stereocenters. The summed E-state index contributed by atoms with van der Waals surface area (Å²) in [6, 6.07) is 9.83. The van der Waals surface area contributed by atoms with Crippen LogP contribution in [0.5, 0.6) is 0 Å². The molecular weight excluding hydrogens is 272 g/mol. The number of aromatic nitrogens is 2. The number of nitrogens with zero attached hydrogens (tertiary/aromatic N) is 2. The van der Waals surface area contributed by atoms with E-state index in [9.17, 15) is 5.11 Å². The monoisotopic (exact) mass is 288 g/mol. The lowest BCUT2D eigenvalue weighted by atomic mass is 10.0. The number of hydrogen-bond donors (Lipinski definition) is 3. The zero-order chi connectivity index (χ0) is 13.9. The predicted molar refractivity (Wildman–Crippen MR) is 80.0 cm³/mol. The molecule has 2 aromatic heterocycles. The minimum absolute atomic E-state index is 0.0135. The number of nitrogens with one attached hydrogen (secondary N) is 2. The van der Waals surface area contributed by atoms with E-state index in [1.165, 1.54) is 0 Å². The Balaban J connectivity index is 1.99. The summed E-state index contributed by atoms with van der Waals surface area (Å²) >= 11 is 5.40. The second kappa shape index (κ2) is 5.60. The highest BCUT2D eigenvalue weighted by Gasteiger charge is 2.39. The van der Waals surface area contributed by atoms with Gasteiger partial charge in [0, 0.05) is 24.6 Å². The van der Waals surface area contributed by atoms with Crippen LogP contribution in [0.2, 0.25) is 0 Å². The fraction of sp³-hybridized carbons (Fsp3) is 0.286. The van der Waals surface area contributed by atoms with E-state index < -0.39 is 0 Å². The largest absolute Gasteiger partial charge is 0.395 e. The first-order valence-electron chi connectivity index (χ1n) is 6.53. The Morgan fingerprint density at radius 2 is 2.20 bits per heavy atom. The molecule has 0 aromatic carbocycles. The summed E-state index contributed by atoms with van der Waals surface area (Å²) in [6.45, 7) is 0.562. The van der Waals surface area contributed by atoms with E-state index in [0.717, 1.165) is 11.4 Å². The molecule has 2 aromatic rings. The van der Waals surface area contributed by atoms with E-state index in [1.54, 1.807) is 6.20 Å². The maximum atomic E-state index is 9.26. The Bertz CT molecular complexity index is 572. The third-order valence-electron chi connectivity index (χ3n) is 3.48. The third-order valence-corrected chi connectivity index (χ3v) is 3.83. The van der Waals surface area contributed by atoms with E-state index in [0.29, 0.717) is 11.7 Å². The maximum absolute atomic E-state index is 9.26. The van der Waals surface area contributed by atoms with Crippen molar-refractivity contribution >= 4 is 17.3 Å². The van der Waals surface area contributed by atoms with Gasteiger partial charge in [0.2, 0.25) is 0 Å². The molecule has 6 heteroatoms. The second-order valence-corrected chi connectivity index (χ2v) is 5.06. The zero-order valence-corrected chi connectivity index (χ0v) is 11.7. The van der Waals surface area contributed by atoms with Crippen LogP contribution in [0.25, 0.3) is 0 Å². The predicted octanol–water partition coefficient (Wildman–Crippen LogP) is 1.37. The minimum atomic E-state index is -0.0195. The molecule has 1 fully saturated rings. The summed E-state index contributed by atoms with van der Waals surface area (Å²) in [4.78, 5) is 9.66. The van der Waals surface area contributed by atoms with Gasteiger partial charge in [-0.3, -0.25) is 4.98 Å². The van der Waals surface area contributed by atoms with Gasteiger partial charge in [0.15, 0.2) is 5.11 Å². The molecule has 1 aliphatic heterocycles. The highest BCUT2D eigenvalue weighted by Crippen LogP contribution is 2.37. The number of pyridine rings is 1. The summed E-state index contributed by atoms with van der Waals surface area (Å²) in [5.74, 6) is 0. The van der Waals surface area contributed by atoms with Gasteiger partial charge in [0.05, 0.1) is 24.4 Å². The van der Waals surface area contributed by atoms with Gasteiger partial charge in [-0.2, -0.15) is 0 Å². The van der Waals surface area contributed by atoms with Crippen molar-refractivity contribution in [3.63, 3.8) is 0 Å². The van der Waals surface area contributed by atoms with E-state index in [2.05, 4.69) is 15.3 Å². The van der Waals surface area contributed by atoms with Crippen LogP contribution in [-0.2, 0) is 0 Å². The SMILES string of the molecule is OCCN1C(=S)N[C@H](c2ccccn2)[C@H]1c1ccc[nH]1. The van der Waals surface area contributed by atoms with Gasteiger partial charge in [0.25, 0.3) is 0 Å². The average Bonchev–Trinajstić information content (AvgIpc) is 3.09. The molecule has 0 radical (unpaired) electrons. The van der Waals surface area contributed by atoms with Crippen LogP contribution in [0.15, 0.2) is 42.7 Å². The topological polar surface area (TPSA) is 64.2 Å². The number of hydrogen-bond acceptors (Lipinski definition) is 3. The molecule has 0 saturated carbocycles. The molecule has 0 amide bonds. The molecular formula is C14H16N4OS. The summed E-state index contributed by atoms with van der Waals surface area (Å²) in [6.07, 6.45) is 3.67. The summed E-state index contributed by atoms with van der Waals surface area (Å²) in [5, 5.41) is 13.2. The minimum Gasteiger partial charge on any atom is -0.395 e. The van der Waals surface area contributed by atoms with Crippen LogP contribution >= 0.6 is 12.2 Å². The van der Waals surface area contributed by atoms with Gasteiger partial charge in [-0.05, 0) is 36.5 Å². The number of aromatic amines is 1. The Labute approximate surface area is 122 Å². The van der Waals surface area contributed by atoms with Gasteiger partial charge < -0.3 is 20.3 Å². The van der Waals surface area contributed by atoms with Crippen molar-refractivity contribution in [2.24, 2.45) is 0 Å². The molecule has 3 N–H and O–H groups in total. The van der Waals surface area contributed by atoms with Crippen molar-refractivity contribution in [3.8, 4) is 0 Å². The lowest BCUT2D eigenvalue weighted by Gasteiger charge is -2.26. The lowest BCUT2D eigenvalue weighted by molar-refractivity contribution is 0.221. The van der Waals surface area contributed by atoms with Crippen molar-refractivity contribution in [2.75, 3.05) is 13.2 Å². The quantitative estimate of drug-likeness (QED) is 0.742. The molecule has 0 unspecified atom stereocenters. The molecule has 3 rings (SSSR count). The summed E-state index contributed by atoms with van der Waals surface area (Å²) in [7, 11) is 0. The first-order valence-corrected chi connectivity index (χ1v) is 6.94. The van der Waals surface area contributed by atoms with Gasteiger partial charge in [-0.15, -0.1) is 0 Å². The Kier molecular flexibility index (Phi) is 3.66. The molecule has 0 bridgehead atoms. The Morgan fingerprint density at radius 1 is 1.30 bits per heavy atom. The van der Waals surface area contributed by atoms with E-state index in [1.807, 2.05) is 41.4 Å². The first kappa shape index (κ1) is 13.1. The van der Waals surface area contributed by atoms with Crippen LogP contribution < -0.4 is 5.32 Å². The first-order chi connectivity index (χ1) is 9.81. The standard InChI is InChI=1S/C14H16N4OS/c19-9-8-18-13(11-5-3-7-16-11)12(17-14(18)20)10-4-1-2-6-15-10/h1-7,12-13,16,19H,8-9H2,(H,17,20)/t12-,13-/m1/s1. The molecule has 1 aliphatic rings. The van der Waals surface area contributed by atoms with Crippen molar-refractivity contribution in [3.05, 3.63) is 54.1 Å². The van der Waals surface area contributed by atoms with Gasteiger partial charge in [-0.1, -0.05) is 6.07 Å². The van der Waals surface area contributed by atoms with E-state index in [4.69, 9.17) is 12.2 Å². The number of H-pyrrole nitrogens is 1. The third kappa shape index (κ3) is 2.28. The fourth-order valence-electron chi connectivity index (χ4n) is 2.62. The van der Waals surface area contributed by atoms with Crippen LogP contribution in [0, 0.1) is 0 Å². The maximum Gasteiger partial charge on any atom is 0.170 e. The zero-order valence-electron chi connectivity index (χ0n) is 10.9. The Morgan fingerprint density at radius 3 is 2.85 bits per heavy atom. The highest BCUT2D eigenvalue weighted by atomic mass is 32.1. The van der Waals surface area contributed by atoms with E-state index >= 15 is 0 Å². The molecule has 0 spiro atoms. The smallest absolute Gasteiger partial charge is 0.170 e. The van der Waals surface area contributed by atoms with Crippen LogP contribution in [0.4, 0.5) is 0 Å². The average molecular weight is 288 g/mol. The van der Waals surface area contributed by atoms with Crippen molar-refractivity contribution in [1.29, 1.82) is 0 Å². The summed E-state index contributed by atoms with van der Waals surface area (Å²) in [5.41, 5.74) is 2.00. The normalized spacial score (nSPS) is 22.1.